The quantitative estimate of drug-likeness (QED) is 0.629. The minimum atomic E-state index is -0.698. The smallest absolute Gasteiger partial charge is 0.310 e. The fourth-order valence-electron chi connectivity index (χ4n) is 2.70. The molecule has 2 atom stereocenters. The molecule has 1 heterocycles. The normalized spacial score (nSPS) is 21.6. The molecular formula is C14H19N3O5. The molecule has 0 saturated carbocycles. The third-order valence-electron chi connectivity index (χ3n) is 3.95. The van der Waals surface area contributed by atoms with Crippen molar-refractivity contribution in [3.63, 3.8) is 0 Å². The topological polar surface area (TPSA) is 119 Å². The van der Waals surface area contributed by atoms with Crippen LogP contribution in [0.2, 0.25) is 0 Å². The number of phenols is 1. The third-order valence-corrected chi connectivity index (χ3v) is 3.95. The second-order valence-electron chi connectivity index (χ2n) is 5.23. The van der Waals surface area contributed by atoms with Gasteiger partial charge >= 0.3 is 5.69 Å². The zero-order chi connectivity index (χ0) is 16.3. The Bertz CT molecular complexity index is 578. The van der Waals surface area contributed by atoms with Crippen LogP contribution in [0.25, 0.3) is 0 Å². The summed E-state index contributed by atoms with van der Waals surface area (Å²) in [6, 6.07) is 3.44. The highest BCUT2D eigenvalue weighted by Crippen LogP contribution is 2.28. The lowest BCUT2D eigenvalue weighted by Gasteiger charge is -2.38. The predicted octanol–water partition coefficient (Wildman–Crippen LogP) is 0.879. The molecule has 22 heavy (non-hydrogen) atoms. The first-order valence-electron chi connectivity index (χ1n) is 6.99. The second kappa shape index (κ2) is 6.71. The lowest BCUT2D eigenvalue weighted by atomic mass is 9.98. The summed E-state index contributed by atoms with van der Waals surface area (Å²) in [5.74, 6) is -0.817. The van der Waals surface area contributed by atoms with Gasteiger partial charge in [0.05, 0.1) is 11.0 Å². The van der Waals surface area contributed by atoms with E-state index in [1.54, 1.807) is 12.0 Å². The maximum Gasteiger partial charge on any atom is 0.310 e. The first kappa shape index (κ1) is 16.2. The molecule has 8 heteroatoms. The van der Waals surface area contributed by atoms with E-state index in [9.17, 15) is 20.0 Å². The Morgan fingerprint density at radius 3 is 2.86 bits per heavy atom. The summed E-state index contributed by atoms with van der Waals surface area (Å²) >= 11 is 0. The highest BCUT2D eigenvalue weighted by molar-refractivity contribution is 5.95. The molecule has 1 aliphatic heterocycles. The maximum absolute atomic E-state index is 12.5. The summed E-state index contributed by atoms with van der Waals surface area (Å²) in [4.78, 5) is 24.2. The molecule has 2 unspecified atom stereocenters. The number of hydrogen-bond acceptors (Lipinski definition) is 6. The zero-order valence-corrected chi connectivity index (χ0v) is 12.3. The van der Waals surface area contributed by atoms with Gasteiger partial charge in [0, 0.05) is 37.9 Å². The van der Waals surface area contributed by atoms with Gasteiger partial charge in [-0.1, -0.05) is 0 Å². The number of nitro groups is 1. The van der Waals surface area contributed by atoms with Crippen molar-refractivity contribution in [1.82, 2.24) is 4.90 Å². The van der Waals surface area contributed by atoms with Crippen molar-refractivity contribution < 1.29 is 19.6 Å². The average Bonchev–Trinajstić information content (AvgIpc) is 2.53. The number of carbonyl (C=O) groups is 1. The van der Waals surface area contributed by atoms with Crippen LogP contribution in [0, 0.1) is 10.1 Å². The predicted molar refractivity (Wildman–Crippen MR) is 78.7 cm³/mol. The Balaban J connectivity index is 2.20. The molecule has 1 aromatic carbocycles. The minimum absolute atomic E-state index is 0.0721. The van der Waals surface area contributed by atoms with Crippen LogP contribution in [0.3, 0.4) is 0 Å². The minimum Gasteiger partial charge on any atom is -0.502 e. The summed E-state index contributed by atoms with van der Waals surface area (Å²) in [5.41, 5.74) is 5.51. The van der Waals surface area contributed by atoms with Crippen LogP contribution < -0.4 is 5.73 Å². The highest BCUT2D eigenvalue weighted by atomic mass is 16.6. The van der Waals surface area contributed by atoms with Crippen LogP contribution in [0.1, 0.15) is 23.2 Å². The molecule has 1 fully saturated rings. The number of nitrogens with two attached hydrogens (primary N) is 1. The van der Waals surface area contributed by atoms with Gasteiger partial charge in [-0.3, -0.25) is 14.9 Å². The van der Waals surface area contributed by atoms with Crippen LogP contribution in [0.5, 0.6) is 5.75 Å². The van der Waals surface area contributed by atoms with E-state index in [2.05, 4.69) is 0 Å². The SMILES string of the molecule is COC1CCN(C(=O)c2ccc([N+](=O)[O-])c(O)c2)C(CN)C1. The summed E-state index contributed by atoms with van der Waals surface area (Å²) in [6.07, 6.45) is 1.43. The number of likely N-dealkylation sites (tertiary alicyclic amines) is 1. The summed E-state index contributed by atoms with van der Waals surface area (Å²) in [6.45, 7) is 0.807. The number of nitrogens with zero attached hydrogens (tertiary/aromatic N) is 2. The molecule has 1 amide bonds. The zero-order valence-electron chi connectivity index (χ0n) is 12.3. The van der Waals surface area contributed by atoms with E-state index in [-0.39, 0.29) is 23.6 Å². The lowest BCUT2D eigenvalue weighted by molar-refractivity contribution is -0.385. The van der Waals surface area contributed by atoms with E-state index >= 15 is 0 Å². The van der Waals surface area contributed by atoms with Gasteiger partial charge in [0.2, 0.25) is 0 Å². The maximum atomic E-state index is 12.5. The fourth-order valence-corrected chi connectivity index (χ4v) is 2.70. The van der Waals surface area contributed by atoms with Crippen molar-refractivity contribution in [3.8, 4) is 5.75 Å². The number of amides is 1. The van der Waals surface area contributed by atoms with Gasteiger partial charge in [0.1, 0.15) is 0 Å². The van der Waals surface area contributed by atoms with E-state index in [1.807, 2.05) is 0 Å². The van der Waals surface area contributed by atoms with Crippen LogP contribution in [-0.4, -0.2) is 53.2 Å². The molecule has 8 nitrogen and oxygen atoms in total. The monoisotopic (exact) mass is 309 g/mol. The Morgan fingerprint density at radius 1 is 1.59 bits per heavy atom. The molecule has 0 aromatic heterocycles. The van der Waals surface area contributed by atoms with Crippen molar-refractivity contribution in [1.29, 1.82) is 0 Å². The molecule has 2 rings (SSSR count). The molecule has 1 saturated heterocycles. The number of methoxy groups -OCH3 is 1. The van der Waals surface area contributed by atoms with Crippen molar-refractivity contribution in [2.45, 2.75) is 25.0 Å². The standard InChI is InChI=1S/C14H19N3O5/c1-22-11-4-5-16(10(7-11)8-15)14(19)9-2-3-12(17(20)21)13(18)6-9/h2-3,6,10-11,18H,4-5,7-8,15H2,1H3. The van der Waals surface area contributed by atoms with Crippen molar-refractivity contribution in [2.24, 2.45) is 5.73 Å². The highest BCUT2D eigenvalue weighted by Gasteiger charge is 2.31. The molecule has 3 N–H and O–H groups in total. The molecule has 0 bridgehead atoms. The molecule has 0 spiro atoms. The first-order valence-corrected chi connectivity index (χ1v) is 6.99. The number of nitro benzene ring substituents is 1. The summed E-state index contributed by atoms with van der Waals surface area (Å²) in [7, 11) is 1.63. The Hall–Kier alpha value is -2.19. The van der Waals surface area contributed by atoms with Gasteiger partial charge in [-0.15, -0.1) is 0 Å². The van der Waals surface area contributed by atoms with Gasteiger partial charge in [-0.05, 0) is 25.0 Å². The fraction of sp³-hybridized carbons (Fsp3) is 0.500. The number of phenolic OH excluding ortho intramolecular Hbond substituents is 1. The van der Waals surface area contributed by atoms with E-state index in [0.717, 1.165) is 12.1 Å². The number of carbonyl (C=O) groups excluding carboxylic acids is 1. The van der Waals surface area contributed by atoms with Crippen molar-refractivity contribution in [3.05, 3.63) is 33.9 Å². The van der Waals surface area contributed by atoms with Crippen LogP contribution >= 0.6 is 0 Å². The lowest BCUT2D eigenvalue weighted by Crippen LogP contribution is -2.51. The molecule has 0 radical (unpaired) electrons. The van der Waals surface area contributed by atoms with E-state index in [0.29, 0.717) is 25.9 Å². The van der Waals surface area contributed by atoms with Crippen LogP contribution in [-0.2, 0) is 4.74 Å². The Kier molecular flexibility index (Phi) is 4.94. The van der Waals surface area contributed by atoms with Gasteiger partial charge in [0.15, 0.2) is 5.75 Å². The largest absolute Gasteiger partial charge is 0.502 e. The number of ether oxygens (including phenoxy) is 1. The molecule has 1 aliphatic rings. The van der Waals surface area contributed by atoms with E-state index in [1.165, 1.54) is 6.07 Å². The van der Waals surface area contributed by atoms with E-state index < -0.39 is 16.4 Å². The number of rotatable bonds is 4. The number of hydrogen-bond donors (Lipinski definition) is 2. The number of piperidine rings is 1. The summed E-state index contributed by atoms with van der Waals surface area (Å²) in [5, 5.41) is 20.3. The summed E-state index contributed by atoms with van der Waals surface area (Å²) < 4.78 is 5.31. The van der Waals surface area contributed by atoms with Gasteiger partial charge in [-0.2, -0.15) is 0 Å². The average molecular weight is 309 g/mol. The second-order valence-corrected chi connectivity index (χ2v) is 5.23. The number of aromatic hydroxyl groups is 1. The molecule has 0 aliphatic carbocycles. The molecular weight excluding hydrogens is 290 g/mol. The van der Waals surface area contributed by atoms with Gasteiger partial charge in [-0.25, -0.2) is 0 Å². The Morgan fingerprint density at radius 2 is 2.32 bits per heavy atom. The molecule has 1 aromatic rings. The van der Waals surface area contributed by atoms with Gasteiger partial charge in [0.25, 0.3) is 5.91 Å². The van der Waals surface area contributed by atoms with Crippen LogP contribution in [0.4, 0.5) is 5.69 Å². The van der Waals surface area contributed by atoms with Crippen LogP contribution in [0.15, 0.2) is 18.2 Å². The van der Waals surface area contributed by atoms with Crippen molar-refractivity contribution in [2.75, 3.05) is 20.2 Å². The van der Waals surface area contributed by atoms with E-state index in [4.69, 9.17) is 10.5 Å². The Labute approximate surface area is 127 Å². The first-order chi connectivity index (χ1) is 10.5. The molecule has 120 valence electrons. The number of benzene rings is 1. The van der Waals surface area contributed by atoms with Crippen molar-refractivity contribution >= 4 is 11.6 Å². The van der Waals surface area contributed by atoms with Gasteiger partial charge < -0.3 is 20.5 Å². The third kappa shape index (κ3) is 3.18.